The predicted octanol–water partition coefficient (Wildman–Crippen LogP) is 3.64. The normalized spacial score (nSPS) is 15.8. The van der Waals surface area contributed by atoms with Crippen molar-refractivity contribution in [2.45, 2.75) is 43.0 Å². The molecule has 0 amide bonds. The van der Waals surface area contributed by atoms with E-state index >= 15 is 0 Å². The van der Waals surface area contributed by atoms with Crippen LogP contribution in [0.1, 0.15) is 25.8 Å². The SMILES string of the molecule is CC(C)S(=O)(=O)c1ccc(-c2cnc(N)c(-c3nnc(-c4ccc(CN[C@@H]5CCOC5)cc4F)o3)n2)cc1. The van der Waals surface area contributed by atoms with Crippen molar-refractivity contribution in [1.82, 2.24) is 25.5 Å². The van der Waals surface area contributed by atoms with Gasteiger partial charge >= 0.3 is 0 Å². The van der Waals surface area contributed by atoms with Crippen molar-refractivity contribution in [2.24, 2.45) is 0 Å². The van der Waals surface area contributed by atoms with Gasteiger partial charge in [0.15, 0.2) is 21.3 Å². The Balaban J connectivity index is 1.37. The molecule has 4 aromatic rings. The van der Waals surface area contributed by atoms with Crippen LogP contribution < -0.4 is 11.1 Å². The third kappa shape index (κ3) is 5.28. The Kier molecular flexibility index (Phi) is 7.19. The van der Waals surface area contributed by atoms with Crippen LogP contribution in [-0.2, 0) is 21.1 Å². The Morgan fingerprint density at radius 2 is 1.89 bits per heavy atom. The number of nitrogens with zero attached hydrogens (tertiary/aromatic N) is 4. The van der Waals surface area contributed by atoms with E-state index in [1.807, 2.05) is 0 Å². The van der Waals surface area contributed by atoms with Gasteiger partial charge in [-0.15, -0.1) is 10.2 Å². The van der Waals surface area contributed by atoms with Crippen LogP contribution in [0.4, 0.5) is 10.2 Å². The Labute approximate surface area is 219 Å². The number of rotatable bonds is 8. The molecular formula is C26H27FN6O4S. The van der Waals surface area contributed by atoms with Gasteiger partial charge in [-0.3, -0.25) is 0 Å². The highest BCUT2D eigenvalue weighted by Crippen LogP contribution is 2.30. The lowest BCUT2D eigenvalue weighted by Crippen LogP contribution is -2.28. The molecule has 2 aromatic heterocycles. The van der Waals surface area contributed by atoms with Gasteiger partial charge in [-0.2, -0.15) is 0 Å². The zero-order chi connectivity index (χ0) is 26.9. The number of halogens is 1. The molecule has 2 aromatic carbocycles. The van der Waals surface area contributed by atoms with Gasteiger partial charge in [0.25, 0.3) is 11.8 Å². The number of nitrogen functional groups attached to an aromatic ring is 1. The van der Waals surface area contributed by atoms with Crippen molar-refractivity contribution >= 4 is 15.7 Å². The second kappa shape index (κ2) is 10.6. The highest BCUT2D eigenvalue weighted by atomic mass is 32.2. The van der Waals surface area contributed by atoms with Gasteiger partial charge in [0, 0.05) is 24.8 Å². The maximum atomic E-state index is 14.9. The van der Waals surface area contributed by atoms with Crippen molar-refractivity contribution in [3.8, 4) is 34.3 Å². The zero-order valence-electron chi connectivity index (χ0n) is 20.9. The van der Waals surface area contributed by atoms with Gasteiger partial charge < -0.3 is 20.2 Å². The minimum absolute atomic E-state index is 0.0165. The van der Waals surface area contributed by atoms with E-state index in [4.69, 9.17) is 14.9 Å². The number of benzene rings is 2. The van der Waals surface area contributed by atoms with E-state index in [2.05, 4.69) is 25.5 Å². The predicted molar refractivity (Wildman–Crippen MR) is 139 cm³/mol. The molecule has 1 aliphatic heterocycles. The van der Waals surface area contributed by atoms with Crippen LogP contribution in [0.5, 0.6) is 0 Å². The first-order valence-electron chi connectivity index (χ1n) is 12.1. The number of nitrogens with one attached hydrogen (secondary N) is 1. The molecule has 3 N–H and O–H groups in total. The summed E-state index contributed by atoms with van der Waals surface area (Å²) in [5, 5.41) is 10.8. The quantitative estimate of drug-likeness (QED) is 0.341. The second-order valence-corrected chi connectivity index (χ2v) is 11.8. The summed E-state index contributed by atoms with van der Waals surface area (Å²) in [6.45, 7) is 5.17. The van der Waals surface area contributed by atoms with Crippen LogP contribution in [0.3, 0.4) is 0 Å². The standard InChI is InChI=1S/C26H27FN6O4S/c1-15(2)38(34,35)19-6-4-17(5-7-19)22-13-30-24(28)23(31-22)26-33-32-25(37-26)20-8-3-16(11-21(20)27)12-29-18-9-10-36-14-18/h3-8,11,13,15,18,29H,9-10,12,14H2,1-2H3,(H2,28,30)/t18-/m1/s1. The number of ether oxygens (including phenoxy) is 1. The van der Waals surface area contributed by atoms with Gasteiger partial charge in [-0.05, 0) is 50.1 Å². The summed E-state index contributed by atoms with van der Waals surface area (Å²) in [4.78, 5) is 8.89. The minimum Gasteiger partial charge on any atom is -0.414 e. The number of aromatic nitrogens is 4. The van der Waals surface area contributed by atoms with Crippen LogP contribution in [0, 0.1) is 5.82 Å². The van der Waals surface area contributed by atoms with Crippen molar-refractivity contribution in [1.29, 1.82) is 0 Å². The third-order valence-corrected chi connectivity index (χ3v) is 8.49. The smallest absolute Gasteiger partial charge is 0.270 e. The molecule has 10 nitrogen and oxygen atoms in total. The number of hydrogen-bond donors (Lipinski definition) is 2. The van der Waals surface area contributed by atoms with E-state index in [9.17, 15) is 12.8 Å². The molecule has 1 fully saturated rings. The third-order valence-electron chi connectivity index (χ3n) is 6.32. The Hall–Kier alpha value is -3.74. The molecule has 0 aliphatic carbocycles. The molecule has 12 heteroatoms. The van der Waals surface area contributed by atoms with Crippen molar-refractivity contribution in [3.05, 3.63) is 60.0 Å². The summed E-state index contributed by atoms with van der Waals surface area (Å²) in [6, 6.07) is 11.4. The molecule has 198 valence electrons. The second-order valence-electron chi connectivity index (χ2n) is 9.28. The number of nitrogens with two attached hydrogens (primary N) is 1. The van der Waals surface area contributed by atoms with E-state index < -0.39 is 20.9 Å². The van der Waals surface area contributed by atoms with E-state index in [0.717, 1.165) is 18.6 Å². The summed E-state index contributed by atoms with van der Waals surface area (Å²) >= 11 is 0. The first-order valence-corrected chi connectivity index (χ1v) is 13.7. The fourth-order valence-electron chi connectivity index (χ4n) is 4.01. The molecule has 0 unspecified atom stereocenters. The molecule has 1 saturated heterocycles. The average Bonchev–Trinajstić information content (AvgIpc) is 3.60. The summed E-state index contributed by atoms with van der Waals surface area (Å²) < 4.78 is 50.8. The fraction of sp³-hybridized carbons (Fsp3) is 0.308. The van der Waals surface area contributed by atoms with E-state index in [1.165, 1.54) is 24.4 Å². The van der Waals surface area contributed by atoms with Crippen LogP contribution in [0.25, 0.3) is 34.3 Å². The highest BCUT2D eigenvalue weighted by Gasteiger charge is 2.21. The number of sulfone groups is 1. The minimum atomic E-state index is -3.40. The first kappa shape index (κ1) is 25.9. The summed E-state index contributed by atoms with van der Waals surface area (Å²) in [5.41, 5.74) is 8.16. The molecule has 3 heterocycles. The van der Waals surface area contributed by atoms with Crippen molar-refractivity contribution in [2.75, 3.05) is 18.9 Å². The van der Waals surface area contributed by atoms with Crippen LogP contribution >= 0.6 is 0 Å². The molecule has 0 radical (unpaired) electrons. The first-order chi connectivity index (χ1) is 18.2. The van der Waals surface area contributed by atoms with Crippen LogP contribution in [0.2, 0.25) is 0 Å². The lowest BCUT2D eigenvalue weighted by molar-refractivity contribution is 0.190. The lowest BCUT2D eigenvalue weighted by Gasteiger charge is -2.10. The van der Waals surface area contributed by atoms with Crippen molar-refractivity contribution < 1.29 is 22.0 Å². The van der Waals surface area contributed by atoms with Gasteiger partial charge in [-0.1, -0.05) is 18.2 Å². The summed E-state index contributed by atoms with van der Waals surface area (Å²) in [6.07, 6.45) is 2.40. The molecule has 5 rings (SSSR count). The topological polar surface area (TPSA) is 146 Å². The lowest BCUT2D eigenvalue weighted by atomic mass is 10.1. The maximum Gasteiger partial charge on any atom is 0.270 e. The zero-order valence-corrected chi connectivity index (χ0v) is 21.7. The van der Waals surface area contributed by atoms with E-state index in [-0.39, 0.29) is 39.8 Å². The molecule has 0 bridgehead atoms. The average molecular weight is 539 g/mol. The van der Waals surface area contributed by atoms with Gasteiger partial charge in [0.05, 0.1) is 34.2 Å². The van der Waals surface area contributed by atoms with Gasteiger partial charge in [0.2, 0.25) is 0 Å². The molecule has 0 spiro atoms. The fourth-order valence-corrected chi connectivity index (χ4v) is 5.07. The summed E-state index contributed by atoms with van der Waals surface area (Å²) in [7, 11) is -3.40. The molecule has 1 atom stereocenters. The molecular weight excluding hydrogens is 511 g/mol. The largest absolute Gasteiger partial charge is 0.414 e. The number of anilines is 1. The Morgan fingerprint density at radius 1 is 1.13 bits per heavy atom. The van der Waals surface area contributed by atoms with E-state index in [0.29, 0.717) is 24.4 Å². The van der Waals surface area contributed by atoms with Gasteiger partial charge in [-0.25, -0.2) is 22.8 Å². The highest BCUT2D eigenvalue weighted by molar-refractivity contribution is 7.92. The Morgan fingerprint density at radius 3 is 2.58 bits per heavy atom. The van der Waals surface area contributed by atoms with E-state index in [1.54, 1.807) is 38.1 Å². The summed E-state index contributed by atoms with van der Waals surface area (Å²) in [5.74, 6) is -0.472. The maximum absolute atomic E-state index is 14.9. The number of hydrogen-bond acceptors (Lipinski definition) is 10. The van der Waals surface area contributed by atoms with Crippen LogP contribution in [0.15, 0.2) is 58.0 Å². The Bertz CT molecular complexity index is 1550. The van der Waals surface area contributed by atoms with Crippen LogP contribution in [-0.4, -0.2) is 53.1 Å². The molecule has 1 aliphatic rings. The molecule has 0 saturated carbocycles. The monoisotopic (exact) mass is 538 g/mol. The van der Waals surface area contributed by atoms with Crippen molar-refractivity contribution in [3.63, 3.8) is 0 Å². The molecule has 38 heavy (non-hydrogen) atoms. The van der Waals surface area contributed by atoms with Gasteiger partial charge in [0.1, 0.15) is 5.82 Å².